The number of nitrogens with two attached hydrogens (primary N) is 1. The van der Waals surface area contributed by atoms with Gasteiger partial charge in [-0.05, 0) is 48.4 Å². The van der Waals surface area contributed by atoms with E-state index in [-0.39, 0.29) is 0 Å². The van der Waals surface area contributed by atoms with E-state index in [2.05, 4.69) is 37.5 Å². The Balaban J connectivity index is 1.55. The highest BCUT2D eigenvalue weighted by Gasteiger charge is 2.09. The lowest BCUT2D eigenvalue weighted by molar-refractivity contribution is 0.0996. The van der Waals surface area contributed by atoms with Gasteiger partial charge in [0.05, 0.1) is 0 Å². The molecule has 4 aromatic rings. The van der Waals surface area contributed by atoms with E-state index in [1.54, 1.807) is 24.5 Å². The van der Waals surface area contributed by atoms with Crippen molar-refractivity contribution in [3.05, 3.63) is 78.3 Å². The van der Waals surface area contributed by atoms with E-state index >= 15 is 0 Å². The molecule has 2 aromatic heterocycles. The Morgan fingerprint density at radius 1 is 1.16 bits per heavy atom. The van der Waals surface area contributed by atoms with Crippen molar-refractivity contribution in [2.45, 2.75) is 6.92 Å². The summed E-state index contributed by atoms with van der Waals surface area (Å²) in [5.41, 5.74) is 13.1. The molecule has 0 aliphatic heterocycles. The highest BCUT2D eigenvalue weighted by Crippen LogP contribution is 2.24. The highest BCUT2D eigenvalue weighted by atomic mass is 16.1. The van der Waals surface area contributed by atoms with Crippen molar-refractivity contribution in [2.75, 3.05) is 5.32 Å². The van der Waals surface area contributed by atoms with E-state index in [1.807, 2.05) is 49.4 Å². The average Bonchev–Trinajstić information content (AvgIpc) is 3.22. The first-order chi connectivity index (χ1) is 15.0. The second-order valence-corrected chi connectivity index (χ2v) is 6.93. The number of hydrazone groups is 1. The van der Waals surface area contributed by atoms with Gasteiger partial charge in [-0.2, -0.15) is 5.10 Å². The van der Waals surface area contributed by atoms with Crippen molar-refractivity contribution in [2.24, 2.45) is 10.8 Å². The van der Waals surface area contributed by atoms with Crippen molar-refractivity contribution in [3.63, 3.8) is 0 Å². The summed E-state index contributed by atoms with van der Waals surface area (Å²) in [4.78, 5) is 23.4. The normalized spacial score (nSPS) is 11.3. The van der Waals surface area contributed by atoms with E-state index in [4.69, 9.17) is 5.73 Å². The number of carbonyl (C=O) groups is 1. The molecular formula is C23H21N7O. The molecule has 8 heteroatoms. The molecule has 2 heterocycles. The Bertz CT molecular complexity index is 1290. The third kappa shape index (κ3) is 4.43. The number of aromatic nitrogens is 3. The van der Waals surface area contributed by atoms with E-state index in [0.717, 1.165) is 33.3 Å². The minimum Gasteiger partial charge on any atom is -0.364 e. The molecule has 0 atom stereocenters. The number of nitrogens with one attached hydrogen (secondary N) is 3. The molecule has 1 amide bonds. The largest absolute Gasteiger partial charge is 0.364 e. The standard InChI is InChI=1S/C23H21N7O/c1-14(13-27-25-2)15-5-7-18(8-6-15)28-21-9-10-26-23(30-21)17-4-3-16-11-20(22(24)31)29-19(16)12-17/h3-13,27,29H,2H2,1H3,(H2,24,31)(H,26,28,30)/b14-13+. The van der Waals surface area contributed by atoms with E-state index in [0.29, 0.717) is 17.3 Å². The molecule has 0 fully saturated rings. The zero-order chi connectivity index (χ0) is 21.8. The number of allylic oxidation sites excluding steroid dienone is 1. The molecular weight excluding hydrogens is 390 g/mol. The lowest BCUT2D eigenvalue weighted by atomic mass is 10.1. The Kier molecular flexibility index (Phi) is 5.44. The highest BCUT2D eigenvalue weighted by molar-refractivity contribution is 5.97. The molecule has 0 unspecified atom stereocenters. The zero-order valence-electron chi connectivity index (χ0n) is 16.9. The van der Waals surface area contributed by atoms with Gasteiger partial charge in [-0.15, -0.1) is 0 Å². The van der Waals surface area contributed by atoms with Crippen LogP contribution in [-0.4, -0.2) is 27.6 Å². The topological polar surface area (TPSA) is 121 Å². The van der Waals surface area contributed by atoms with Crippen molar-refractivity contribution in [1.29, 1.82) is 0 Å². The number of carbonyl (C=O) groups excluding carboxylic acids is 1. The molecule has 0 aliphatic carbocycles. The molecule has 0 bridgehead atoms. The first kappa shape index (κ1) is 19.8. The minimum atomic E-state index is -0.495. The molecule has 0 radical (unpaired) electrons. The van der Waals surface area contributed by atoms with E-state index in [9.17, 15) is 4.79 Å². The minimum absolute atomic E-state index is 0.369. The number of primary amides is 1. The summed E-state index contributed by atoms with van der Waals surface area (Å²) >= 11 is 0. The number of nitrogens with zero attached hydrogens (tertiary/aromatic N) is 3. The van der Waals surface area contributed by atoms with Gasteiger partial charge in [0.2, 0.25) is 0 Å². The van der Waals surface area contributed by atoms with Gasteiger partial charge >= 0.3 is 0 Å². The van der Waals surface area contributed by atoms with Crippen molar-refractivity contribution >= 4 is 40.6 Å². The summed E-state index contributed by atoms with van der Waals surface area (Å²) < 4.78 is 0. The number of rotatable bonds is 7. The summed E-state index contributed by atoms with van der Waals surface area (Å²) in [6.45, 7) is 5.38. The molecule has 154 valence electrons. The van der Waals surface area contributed by atoms with Crippen LogP contribution in [0.5, 0.6) is 0 Å². The fourth-order valence-corrected chi connectivity index (χ4v) is 3.16. The van der Waals surface area contributed by atoms with Crippen LogP contribution in [0.4, 0.5) is 11.5 Å². The Hall–Kier alpha value is -4.46. The summed E-state index contributed by atoms with van der Waals surface area (Å²) in [6, 6.07) is 17.2. The molecule has 0 spiro atoms. The van der Waals surface area contributed by atoms with E-state index in [1.165, 1.54) is 0 Å². The number of hydrogen-bond acceptors (Lipinski definition) is 6. The number of fused-ring (bicyclic) bond motifs is 1. The Morgan fingerprint density at radius 3 is 2.71 bits per heavy atom. The van der Waals surface area contributed by atoms with Gasteiger partial charge in [-0.25, -0.2) is 9.97 Å². The predicted molar refractivity (Wildman–Crippen MR) is 124 cm³/mol. The summed E-state index contributed by atoms with van der Waals surface area (Å²) in [6.07, 6.45) is 3.49. The summed E-state index contributed by atoms with van der Waals surface area (Å²) in [7, 11) is 0. The lowest BCUT2D eigenvalue weighted by Gasteiger charge is -2.09. The van der Waals surface area contributed by atoms with Crippen LogP contribution in [0.1, 0.15) is 23.0 Å². The van der Waals surface area contributed by atoms with Gasteiger partial charge in [0.25, 0.3) is 5.91 Å². The average molecular weight is 411 g/mol. The van der Waals surface area contributed by atoms with Crippen molar-refractivity contribution in [1.82, 2.24) is 20.4 Å². The van der Waals surface area contributed by atoms with Crippen LogP contribution >= 0.6 is 0 Å². The third-order valence-corrected chi connectivity index (χ3v) is 4.79. The maximum absolute atomic E-state index is 11.4. The van der Waals surface area contributed by atoms with Crippen LogP contribution in [-0.2, 0) is 0 Å². The first-order valence-corrected chi connectivity index (χ1v) is 9.55. The Morgan fingerprint density at radius 2 is 1.97 bits per heavy atom. The fraction of sp³-hybridized carbons (Fsp3) is 0.0435. The second kappa shape index (κ2) is 8.50. The molecule has 2 aromatic carbocycles. The summed E-state index contributed by atoms with van der Waals surface area (Å²) in [5.74, 6) is 0.748. The van der Waals surface area contributed by atoms with Gasteiger partial charge in [0, 0.05) is 41.3 Å². The van der Waals surface area contributed by atoms with Crippen molar-refractivity contribution in [3.8, 4) is 11.4 Å². The van der Waals surface area contributed by atoms with Crippen LogP contribution in [0.3, 0.4) is 0 Å². The molecule has 4 rings (SSSR count). The van der Waals surface area contributed by atoms with Gasteiger partial charge < -0.3 is 16.0 Å². The second-order valence-electron chi connectivity index (χ2n) is 6.93. The van der Waals surface area contributed by atoms with Gasteiger partial charge in [-0.3, -0.25) is 10.2 Å². The van der Waals surface area contributed by atoms with Crippen LogP contribution in [0, 0.1) is 0 Å². The number of H-pyrrole nitrogens is 1. The number of amides is 1. The number of aromatic amines is 1. The molecule has 0 saturated carbocycles. The van der Waals surface area contributed by atoms with E-state index < -0.39 is 5.91 Å². The van der Waals surface area contributed by atoms with Crippen LogP contribution in [0.25, 0.3) is 27.9 Å². The van der Waals surface area contributed by atoms with Crippen LogP contribution in [0.2, 0.25) is 0 Å². The number of benzene rings is 2. The molecule has 0 aliphatic rings. The van der Waals surface area contributed by atoms with Crippen molar-refractivity contribution < 1.29 is 4.79 Å². The first-order valence-electron chi connectivity index (χ1n) is 9.55. The molecule has 0 saturated heterocycles. The smallest absolute Gasteiger partial charge is 0.265 e. The lowest BCUT2D eigenvalue weighted by Crippen LogP contribution is -2.10. The van der Waals surface area contributed by atoms with Crippen LogP contribution in [0.15, 0.2) is 72.1 Å². The van der Waals surface area contributed by atoms with Gasteiger partial charge in [0.1, 0.15) is 11.5 Å². The molecule has 5 N–H and O–H groups in total. The SMILES string of the molecule is C=NN/C=C(\C)c1ccc(Nc2ccnc(-c3ccc4cc(C(N)=O)[nH]c4c3)n2)cc1. The molecule has 8 nitrogen and oxygen atoms in total. The van der Waals surface area contributed by atoms with Crippen LogP contribution < -0.4 is 16.5 Å². The Labute approximate surface area is 178 Å². The maximum atomic E-state index is 11.4. The molecule has 31 heavy (non-hydrogen) atoms. The zero-order valence-corrected chi connectivity index (χ0v) is 16.9. The number of anilines is 2. The van der Waals surface area contributed by atoms with Gasteiger partial charge in [-0.1, -0.05) is 24.3 Å². The quantitative estimate of drug-likeness (QED) is 0.270. The monoisotopic (exact) mass is 411 g/mol. The number of hydrogen-bond donors (Lipinski definition) is 4. The third-order valence-electron chi connectivity index (χ3n) is 4.79. The predicted octanol–water partition coefficient (Wildman–Crippen LogP) is 4.03. The summed E-state index contributed by atoms with van der Waals surface area (Å²) in [5, 5.41) is 7.80. The maximum Gasteiger partial charge on any atom is 0.265 e. The fourth-order valence-electron chi connectivity index (χ4n) is 3.16. The van der Waals surface area contributed by atoms with Gasteiger partial charge in [0.15, 0.2) is 5.82 Å².